The summed E-state index contributed by atoms with van der Waals surface area (Å²) < 4.78 is 0. The zero-order chi connectivity index (χ0) is 13.4. The Morgan fingerprint density at radius 1 is 1.35 bits per heavy atom. The number of rotatable bonds is 7. The molecule has 6 nitrogen and oxygen atoms in total. The average molecular weight is 245 g/mol. The number of amides is 2. The number of urea groups is 1. The second-order valence-electron chi connectivity index (χ2n) is 4.35. The molecule has 100 valence electrons. The molecule has 0 heterocycles. The van der Waals surface area contributed by atoms with Crippen LogP contribution in [0, 0.1) is 0 Å². The van der Waals surface area contributed by atoms with Crippen molar-refractivity contribution in [2.75, 3.05) is 33.7 Å². The summed E-state index contributed by atoms with van der Waals surface area (Å²) in [6.07, 6.45) is 0.837. The van der Waals surface area contributed by atoms with Crippen LogP contribution in [0.5, 0.6) is 0 Å². The van der Waals surface area contributed by atoms with Gasteiger partial charge in [-0.2, -0.15) is 0 Å². The van der Waals surface area contributed by atoms with Crippen molar-refractivity contribution in [3.63, 3.8) is 0 Å². The number of nitrogens with zero attached hydrogens (tertiary/aromatic N) is 2. The highest BCUT2D eigenvalue weighted by Crippen LogP contribution is 1.96. The SMILES string of the molecule is CCN(CC(=O)O)C(=O)NC(C)CCN(C)C. The van der Waals surface area contributed by atoms with Crippen molar-refractivity contribution in [1.82, 2.24) is 15.1 Å². The molecular formula is C11H23N3O3. The van der Waals surface area contributed by atoms with E-state index in [-0.39, 0.29) is 18.6 Å². The molecule has 1 atom stereocenters. The van der Waals surface area contributed by atoms with Gasteiger partial charge in [-0.15, -0.1) is 0 Å². The van der Waals surface area contributed by atoms with Crippen molar-refractivity contribution in [2.24, 2.45) is 0 Å². The van der Waals surface area contributed by atoms with Crippen LogP contribution in [0.3, 0.4) is 0 Å². The summed E-state index contributed by atoms with van der Waals surface area (Å²) in [5.74, 6) is -0.997. The minimum absolute atomic E-state index is 0.0349. The summed E-state index contributed by atoms with van der Waals surface area (Å²) in [6, 6.07) is -0.283. The molecule has 0 rings (SSSR count). The van der Waals surface area contributed by atoms with Gasteiger partial charge >= 0.3 is 12.0 Å². The maximum absolute atomic E-state index is 11.7. The van der Waals surface area contributed by atoms with Gasteiger partial charge in [0.1, 0.15) is 6.54 Å². The molecule has 0 radical (unpaired) electrons. The normalized spacial score (nSPS) is 12.3. The van der Waals surface area contributed by atoms with Gasteiger partial charge in [-0.05, 0) is 40.9 Å². The van der Waals surface area contributed by atoms with Crippen molar-refractivity contribution in [1.29, 1.82) is 0 Å². The Bertz CT molecular complexity index is 256. The van der Waals surface area contributed by atoms with E-state index in [1.807, 2.05) is 25.9 Å². The Labute approximate surface area is 103 Å². The summed E-state index contributed by atoms with van der Waals surface area (Å²) in [4.78, 5) is 25.6. The maximum atomic E-state index is 11.7. The molecule has 0 saturated heterocycles. The molecule has 0 fully saturated rings. The number of carbonyl (C=O) groups excluding carboxylic acids is 1. The number of hydrogen-bond acceptors (Lipinski definition) is 3. The lowest BCUT2D eigenvalue weighted by Gasteiger charge is -2.23. The Balaban J connectivity index is 4.07. The highest BCUT2D eigenvalue weighted by atomic mass is 16.4. The van der Waals surface area contributed by atoms with Crippen molar-refractivity contribution < 1.29 is 14.7 Å². The third kappa shape index (κ3) is 7.57. The lowest BCUT2D eigenvalue weighted by molar-refractivity contribution is -0.137. The quantitative estimate of drug-likeness (QED) is 0.683. The molecule has 0 aromatic rings. The molecule has 0 aliphatic carbocycles. The van der Waals surface area contributed by atoms with E-state index in [1.165, 1.54) is 4.90 Å². The minimum atomic E-state index is -0.997. The average Bonchev–Trinajstić information content (AvgIpc) is 2.22. The molecule has 0 bridgehead atoms. The van der Waals surface area contributed by atoms with Gasteiger partial charge in [-0.1, -0.05) is 0 Å². The number of carboxylic acid groups (broad SMARTS) is 1. The highest BCUT2D eigenvalue weighted by Gasteiger charge is 2.16. The fraction of sp³-hybridized carbons (Fsp3) is 0.818. The van der Waals surface area contributed by atoms with Gasteiger partial charge < -0.3 is 20.2 Å². The lowest BCUT2D eigenvalue weighted by atomic mass is 10.2. The number of aliphatic carboxylic acids is 1. The van der Waals surface area contributed by atoms with Crippen LogP contribution < -0.4 is 5.32 Å². The van der Waals surface area contributed by atoms with Crippen molar-refractivity contribution in [2.45, 2.75) is 26.3 Å². The molecule has 1 unspecified atom stereocenters. The van der Waals surface area contributed by atoms with Crippen LogP contribution in [0.2, 0.25) is 0 Å². The van der Waals surface area contributed by atoms with E-state index >= 15 is 0 Å². The van der Waals surface area contributed by atoms with Gasteiger partial charge in [0.15, 0.2) is 0 Å². The van der Waals surface area contributed by atoms with E-state index in [0.717, 1.165) is 13.0 Å². The van der Waals surface area contributed by atoms with Crippen LogP contribution >= 0.6 is 0 Å². The molecule has 0 spiro atoms. The van der Waals surface area contributed by atoms with Crippen molar-refractivity contribution in [3.05, 3.63) is 0 Å². The van der Waals surface area contributed by atoms with E-state index in [2.05, 4.69) is 5.32 Å². The van der Waals surface area contributed by atoms with E-state index in [9.17, 15) is 9.59 Å². The van der Waals surface area contributed by atoms with E-state index < -0.39 is 5.97 Å². The van der Waals surface area contributed by atoms with Gasteiger partial charge in [-0.25, -0.2) is 4.79 Å². The van der Waals surface area contributed by atoms with Crippen LogP contribution in [0.15, 0.2) is 0 Å². The van der Waals surface area contributed by atoms with Crippen LogP contribution in [0.4, 0.5) is 4.79 Å². The molecule has 0 aromatic heterocycles. The zero-order valence-electron chi connectivity index (χ0n) is 11.1. The zero-order valence-corrected chi connectivity index (χ0v) is 11.1. The first-order chi connectivity index (χ1) is 7.86. The predicted molar refractivity (Wildman–Crippen MR) is 66.0 cm³/mol. The minimum Gasteiger partial charge on any atom is -0.480 e. The van der Waals surface area contributed by atoms with Gasteiger partial charge in [0.05, 0.1) is 0 Å². The Morgan fingerprint density at radius 2 is 1.94 bits per heavy atom. The highest BCUT2D eigenvalue weighted by molar-refractivity contribution is 5.80. The number of nitrogens with one attached hydrogen (secondary N) is 1. The summed E-state index contributed by atoms with van der Waals surface area (Å²) in [7, 11) is 3.94. The van der Waals surface area contributed by atoms with Gasteiger partial charge in [0.2, 0.25) is 0 Å². The first kappa shape index (κ1) is 15.7. The molecule has 2 N–H and O–H groups in total. The van der Waals surface area contributed by atoms with Crippen LogP contribution in [-0.4, -0.2) is 66.7 Å². The van der Waals surface area contributed by atoms with Crippen LogP contribution in [0.25, 0.3) is 0 Å². The van der Waals surface area contributed by atoms with E-state index in [4.69, 9.17) is 5.11 Å². The van der Waals surface area contributed by atoms with Gasteiger partial charge in [0, 0.05) is 12.6 Å². The number of carbonyl (C=O) groups is 2. The molecule has 2 amide bonds. The third-order valence-electron chi connectivity index (χ3n) is 2.37. The first-order valence-electron chi connectivity index (χ1n) is 5.78. The van der Waals surface area contributed by atoms with E-state index in [0.29, 0.717) is 6.54 Å². The second kappa shape index (κ2) is 7.89. The van der Waals surface area contributed by atoms with Crippen molar-refractivity contribution >= 4 is 12.0 Å². The van der Waals surface area contributed by atoms with Gasteiger partial charge in [0.25, 0.3) is 0 Å². The molecule has 0 aliphatic heterocycles. The Morgan fingerprint density at radius 3 is 2.35 bits per heavy atom. The smallest absolute Gasteiger partial charge is 0.323 e. The van der Waals surface area contributed by atoms with E-state index in [1.54, 1.807) is 6.92 Å². The summed E-state index contributed by atoms with van der Waals surface area (Å²) in [5.41, 5.74) is 0. The third-order valence-corrected chi connectivity index (χ3v) is 2.37. The second-order valence-corrected chi connectivity index (χ2v) is 4.35. The largest absolute Gasteiger partial charge is 0.480 e. The molecule has 0 aliphatic rings. The van der Waals surface area contributed by atoms with Crippen LogP contribution in [0.1, 0.15) is 20.3 Å². The Kier molecular flexibility index (Phi) is 7.29. The fourth-order valence-corrected chi connectivity index (χ4v) is 1.32. The number of carboxylic acids is 1. The predicted octanol–water partition coefficient (Wildman–Crippen LogP) is 0.443. The molecule has 0 aromatic carbocycles. The van der Waals surface area contributed by atoms with Gasteiger partial charge in [-0.3, -0.25) is 4.79 Å². The molecular weight excluding hydrogens is 222 g/mol. The van der Waals surface area contributed by atoms with Crippen LogP contribution in [-0.2, 0) is 4.79 Å². The maximum Gasteiger partial charge on any atom is 0.323 e. The number of hydrogen-bond donors (Lipinski definition) is 2. The topological polar surface area (TPSA) is 72.9 Å². The summed E-state index contributed by atoms with van der Waals surface area (Å²) in [6.45, 7) is 4.68. The standard InChI is InChI=1S/C11H23N3O3/c1-5-14(8-10(15)16)11(17)12-9(2)6-7-13(3)4/h9H,5-8H2,1-4H3,(H,12,17)(H,15,16). The molecule has 17 heavy (non-hydrogen) atoms. The lowest BCUT2D eigenvalue weighted by Crippen LogP contribution is -2.46. The molecule has 6 heteroatoms. The molecule has 0 saturated carbocycles. The monoisotopic (exact) mass is 245 g/mol. The number of likely N-dealkylation sites (N-methyl/N-ethyl adjacent to an activating group) is 1. The fourth-order valence-electron chi connectivity index (χ4n) is 1.32. The van der Waals surface area contributed by atoms with Crippen molar-refractivity contribution in [3.8, 4) is 0 Å². The summed E-state index contributed by atoms with van der Waals surface area (Å²) in [5, 5.41) is 11.4. The first-order valence-corrected chi connectivity index (χ1v) is 5.78. The Hall–Kier alpha value is -1.30. The summed E-state index contributed by atoms with van der Waals surface area (Å²) >= 11 is 0.